The summed E-state index contributed by atoms with van der Waals surface area (Å²) in [5, 5.41) is 19.9. The Kier molecular flexibility index (Phi) is 12.9. The summed E-state index contributed by atoms with van der Waals surface area (Å²) in [5.41, 5.74) is 0.337. The standard InChI is InChI=1S/C14H28O.C10H20O/c1-3-5-7-9-13(15)14(10-6-4-2)11-8-12-14;1-2-6-10(11)9-7-4-3-5-8-9/h13,15H,3-12H2,1-2H3;9-11H,2-8H2,1H3. The van der Waals surface area contributed by atoms with Crippen LogP contribution in [-0.2, 0) is 0 Å². The van der Waals surface area contributed by atoms with Crippen molar-refractivity contribution in [3.8, 4) is 0 Å². The van der Waals surface area contributed by atoms with E-state index in [0.29, 0.717) is 11.3 Å². The lowest BCUT2D eigenvalue weighted by Gasteiger charge is -2.46. The summed E-state index contributed by atoms with van der Waals surface area (Å²) in [4.78, 5) is 0. The Morgan fingerprint density at radius 2 is 1.42 bits per heavy atom. The fraction of sp³-hybridized carbons (Fsp3) is 1.00. The lowest BCUT2D eigenvalue weighted by Crippen LogP contribution is -2.41. The van der Waals surface area contributed by atoms with Gasteiger partial charge in [0.25, 0.3) is 0 Å². The van der Waals surface area contributed by atoms with Crippen LogP contribution in [0.2, 0.25) is 0 Å². The first-order chi connectivity index (χ1) is 12.6. The van der Waals surface area contributed by atoms with Gasteiger partial charge in [0.15, 0.2) is 0 Å². The smallest absolute Gasteiger partial charge is 0.0596 e. The topological polar surface area (TPSA) is 40.5 Å². The molecule has 0 bridgehead atoms. The third kappa shape index (κ3) is 8.30. The summed E-state index contributed by atoms with van der Waals surface area (Å²) >= 11 is 0. The average Bonchev–Trinajstić information content (AvgIpc) is 2.63. The SMILES string of the molecule is CCCC(O)C1CCCCC1.CCCCCC(O)C1(CCCC)CCC1. The Bertz CT molecular complexity index is 318. The van der Waals surface area contributed by atoms with E-state index in [1.807, 2.05) is 0 Å². The molecule has 2 unspecified atom stereocenters. The third-order valence-corrected chi connectivity index (χ3v) is 6.94. The fourth-order valence-corrected chi connectivity index (χ4v) is 4.85. The molecule has 0 aliphatic heterocycles. The molecule has 0 heterocycles. The third-order valence-electron chi connectivity index (χ3n) is 6.94. The molecule has 0 spiro atoms. The van der Waals surface area contributed by atoms with Crippen molar-refractivity contribution in [2.45, 2.75) is 142 Å². The van der Waals surface area contributed by atoms with Gasteiger partial charge in [-0.3, -0.25) is 0 Å². The Hall–Kier alpha value is -0.0800. The van der Waals surface area contributed by atoms with E-state index in [-0.39, 0.29) is 12.2 Å². The summed E-state index contributed by atoms with van der Waals surface area (Å²) in [6.07, 6.45) is 21.2. The van der Waals surface area contributed by atoms with Crippen molar-refractivity contribution in [2.24, 2.45) is 11.3 Å². The van der Waals surface area contributed by atoms with Crippen molar-refractivity contribution in [1.82, 2.24) is 0 Å². The van der Waals surface area contributed by atoms with E-state index in [1.165, 1.54) is 89.9 Å². The second kappa shape index (κ2) is 14.0. The molecule has 2 aliphatic carbocycles. The van der Waals surface area contributed by atoms with Crippen LogP contribution < -0.4 is 0 Å². The van der Waals surface area contributed by atoms with Gasteiger partial charge in [-0.2, -0.15) is 0 Å². The van der Waals surface area contributed by atoms with E-state index in [2.05, 4.69) is 20.8 Å². The summed E-state index contributed by atoms with van der Waals surface area (Å²) in [6, 6.07) is 0. The Morgan fingerprint density at radius 3 is 1.92 bits per heavy atom. The van der Waals surface area contributed by atoms with E-state index in [1.54, 1.807) is 0 Å². The van der Waals surface area contributed by atoms with E-state index in [9.17, 15) is 10.2 Å². The van der Waals surface area contributed by atoms with Crippen LogP contribution in [-0.4, -0.2) is 22.4 Å². The van der Waals surface area contributed by atoms with Crippen molar-refractivity contribution < 1.29 is 10.2 Å². The number of unbranched alkanes of at least 4 members (excludes halogenated alkanes) is 3. The monoisotopic (exact) mass is 368 g/mol. The minimum atomic E-state index is -0.00986. The normalized spacial score (nSPS) is 22.0. The molecular weight excluding hydrogens is 320 g/mol. The molecule has 0 saturated heterocycles. The molecular formula is C24H48O2. The van der Waals surface area contributed by atoms with E-state index in [4.69, 9.17) is 0 Å². The molecule has 2 atom stereocenters. The van der Waals surface area contributed by atoms with Gasteiger partial charge in [-0.1, -0.05) is 85.0 Å². The van der Waals surface area contributed by atoms with Gasteiger partial charge in [0, 0.05) is 0 Å². The lowest BCUT2D eigenvalue weighted by molar-refractivity contribution is -0.0478. The lowest BCUT2D eigenvalue weighted by atomic mass is 9.61. The molecule has 0 amide bonds. The number of hydrogen-bond acceptors (Lipinski definition) is 2. The fourth-order valence-electron chi connectivity index (χ4n) is 4.85. The molecule has 2 rings (SSSR count). The van der Waals surface area contributed by atoms with E-state index < -0.39 is 0 Å². The summed E-state index contributed by atoms with van der Waals surface area (Å²) < 4.78 is 0. The number of hydrogen-bond donors (Lipinski definition) is 2. The Morgan fingerprint density at radius 1 is 0.769 bits per heavy atom. The second-order valence-electron chi connectivity index (χ2n) is 9.09. The first-order valence-electron chi connectivity index (χ1n) is 12.0. The van der Waals surface area contributed by atoms with Gasteiger partial charge in [-0.05, 0) is 56.3 Å². The van der Waals surface area contributed by atoms with Gasteiger partial charge in [0.1, 0.15) is 0 Å². The highest BCUT2D eigenvalue weighted by Gasteiger charge is 2.41. The molecule has 2 aliphatic rings. The molecule has 2 N–H and O–H groups in total. The van der Waals surface area contributed by atoms with Gasteiger partial charge < -0.3 is 10.2 Å². The number of rotatable bonds is 11. The van der Waals surface area contributed by atoms with Crippen LogP contribution >= 0.6 is 0 Å². The predicted octanol–water partition coefficient (Wildman–Crippen LogP) is 7.02. The molecule has 0 radical (unpaired) electrons. The average molecular weight is 369 g/mol. The minimum absolute atomic E-state index is 0.000278. The maximum atomic E-state index is 10.3. The highest BCUT2D eigenvalue weighted by molar-refractivity contribution is 4.93. The van der Waals surface area contributed by atoms with Crippen LogP contribution in [0, 0.1) is 11.3 Å². The van der Waals surface area contributed by atoms with Crippen LogP contribution in [0.3, 0.4) is 0 Å². The molecule has 2 fully saturated rings. The summed E-state index contributed by atoms with van der Waals surface area (Å²) in [6.45, 7) is 6.62. The zero-order valence-corrected chi connectivity index (χ0v) is 18.1. The van der Waals surface area contributed by atoms with Crippen LogP contribution in [0.1, 0.15) is 130 Å². The van der Waals surface area contributed by atoms with Crippen LogP contribution in [0.4, 0.5) is 0 Å². The summed E-state index contributed by atoms with van der Waals surface area (Å²) in [5.74, 6) is 0.628. The minimum Gasteiger partial charge on any atom is -0.393 e. The van der Waals surface area contributed by atoms with Gasteiger partial charge >= 0.3 is 0 Å². The van der Waals surface area contributed by atoms with Crippen molar-refractivity contribution in [1.29, 1.82) is 0 Å². The van der Waals surface area contributed by atoms with Crippen molar-refractivity contribution >= 4 is 0 Å². The van der Waals surface area contributed by atoms with Crippen LogP contribution in [0.25, 0.3) is 0 Å². The molecule has 26 heavy (non-hydrogen) atoms. The zero-order chi connectivity index (χ0) is 19.3. The molecule has 156 valence electrons. The highest BCUT2D eigenvalue weighted by atomic mass is 16.3. The molecule has 0 aromatic carbocycles. The van der Waals surface area contributed by atoms with Gasteiger partial charge in [-0.25, -0.2) is 0 Å². The van der Waals surface area contributed by atoms with Crippen molar-refractivity contribution in [2.75, 3.05) is 0 Å². The number of aliphatic hydroxyl groups is 2. The van der Waals surface area contributed by atoms with Crippen molar-refractivity contribution in [3.63, 3.8) is 0 Å². The second-order valence-corrected chi connectivity index (χ2v) is 9.09. The maximum absolute atomic E-state index is 10.3. The molecule has 2 nitrogen and oxygen atoms in total. The highest BCUT2D eigenvalue weighted by Crippen LogP contribution is 2.49. The van der Waals surface area contributed by atoms with Gasteiger partial charge in [0.05, 0.1) is 12.2 Å². The van der Waals surface area contributed by atoms with E-state index >= 15 is 0 Å². The summed E-state index contributed by atoms with van der Waals surface area (Å²) in [7, 11) is 0. The van der Waals surface area contributed by atoms with Crippen LogP contribution in [0.5, 0.6) is 0 Å². The largest absolute Gasteiger partial charge is 0.393 e. The maximum Gasteiger partial charge on any atom is 0.0596 e. The van der Waals surface area contributed by atoms with Gasteiger partial charge in [-0.15, -0.1) is 0 Å². The first-order valence-corrected chi connectivity index (χ1v) is 12.0. The van der Waals surface area contributed by atoms with Crippen LogP contribution in [0.15, 0.2) is 0 Å². The quantitative estimate of drug-likeness (QED) is 0.385. The van der Waals surface area contributed by atoms with Crippen molar-refractivity contribution in [3.05, 3.63) is 0 Å². The zero-order valence-electron chi connectivity index (χ0n) is 18.1. The molecule has 2 saturated carbocycles. The molecule has 0 aromatic rings. The number of aliphatic hydroxyl groups excluding tert-OH is 2. The first kappa shape index (κ1) is 24.0. The molecule has 2 heteroatoms. The Balaban J connectivity index is 0.000000273. The van der Waals surface area contributed by atoms with Gasteiger partial charge in [0.2, 0.25) is 0 Å². The Labute approximate surface area is 164 Å². The van der Waals surface area contributed by atoms with E-state index in [0.717, 1.165) is 19.3 Å². The predicted molar refractivity (Wildman–Crippen MR) is 113 cm³/mol. The molecule has 0 aromatic heterocycles.